The first kappa shape index (κ1) is 8.17. The molecule has 1 heterocycles. The number of hydrogen-bond donors (Lipinski definition) is 2. The Morgan fingerprint density at radius 2 is 2.36 bits per heavy atom. The molecule has 0 aliphatic carbocycles. The second-order valence-electron chi connectivity index (χ2n) is 2.57. The summed E-state index contributed by atoms with van der Waals surface area (Å²) >= 11 is 0. The lowest BCUT2D eigenvalue weighted by Gasteiger charge is -2.10. The van der Waals surface area contributed by atoms with Crippen LogP contribution in [0.4, 0.5) is 0 Å². The van der Waals surface area contributed by atoms with Gasteiger partial charge in [0.25, 0.3) is 0 Å². The fraction of sp³-hybridized carbons (Fsp3) is 0.375. The molecule has 0 aliphatic heterocycles. The van der Waals surface area contributed by atoms with E-state index in [0.29, 0.717) is 6.54 Å². The third kappa shape index (κ3) is 1.76. The molecule has 0 amide bonds. The van der Waals surface area contributed by atoms with Gasteiger partial charge < -0.3 is 11.5 Å². The first-order valence-electron chi connectivity index (χ1n) is 3.62. The highest BCUT2D eigenvalue weighted by molar-refractivity contribution is 5.24. The summed E-state index contributed by atoms with van der Waals surface area (Å²) in [7, 11) is 0. The lowest BCUT2D eigenvalue weighted by molar-refractivity contribution is 0.729. The lowest BCUT2D eigenvalue weighted by atomic mass is 10.1. The Bertz CT molecular complexity index is 235. The predicted molar refractivity (Wildman–Crippen MR) is 45.0 cm³/mol. The van der Waals surface area contributed by atoms with Crippen LogP contribution in [0, 0.1) is 6.92 Å². The minimum absolute atomic E-state index is 0.0574. The number of aromatic nitrogens is 1. The van der Waals surface area contributed by atoms with Crippen LogP contribution in [0.15, 0.2) is 18.5 Å². The molecular weight excluding hydrogens is 138 g/mol. The van der Waals surface area contributed by atoms with Gasteiger partial charge in [0.05, 0.1) is 0 Å². The molecule has 1 aromatic rings. The topological polar surface area (TPSA) is 64.9 Å². The van der Waals surface area contributed by atoms with Gasteiger partial charge in [-0.1, -0.05) is 0 Å². The summed E-state index contributed by atoms with van der Waals surface area (Å²) in [5.41, 5.74) is 13.4. The van der Waals surface area contributed by atoms with Crippen molar-refractivity contribution in [3.63, 3.8) is 0 Å². The van der Waals surface area contributed by atoms with Crippen LogP contribution in [0.25, 0.3) is 0 Å². The zero-order valence-corrected chi connectivity index (χ0v) is 6.62. The molecule has 60 valence electrons. The Morgan fingerprint density at radius 1 is 1.64 bits per heavy atom. The minimum atomic E-state index is -0.0574. The third-order valence-corrected chi connectivity index (χ3v) is 1.72. The van der Waals surface area contributed by atoms with Crippen LogP contribution in [0.5, 0.6) is 0 Å². The molecule has 1 unspecified atom stereocenters. The van der Waals surface area contributed by atoms with Crippen molar-refractivity contribution in [2.75, 3.05) is 6.54 Å². The van der Waals surface area contributed by atoms with Gasteiger partial charge in [-0.05, 0) is 24.1 Å². The molecule has 1 atom stereocenters. The van der Waals surface area contributed by atoms with Gasteiger partial charge in [0.1, 0.15) is 0 Å². The molecule has 0 radical (unpaired) electrons. The minimum Gasteiger partial charge on any atom is -0.329 e. The van der Waals surface area contributed by atoms with E-state index in [1.54, 1.807) is 12.4 Å². The molecule has 0 aromatic carbocycles. The van der Waals surface area contributed by atoms with Crippen LogP contribution >= 0.6 is 0 Å². The van der Waals surface area contributed by atoms with E-state index in [1.165, 1.54) is 0 Å². The summed E-state index contributed by atoms with van der Waals surface area (Å²) in [6.07, 6.45) is 3.53. The van der Waals surface area contributed by atoms with E-state index in [0.717, 1.165) is 11.1 Å². The molecule has 1 rings (SSSR count). The van der Waals surface area contributed by atoms with E-state index >= 15 is 0 Å². The van der Waals surface area contributed by atoms with Crippen molar-refractivity contribution in [2.24, 2.45) is 11.5 Å². The maximum absolute atomic E-state index is 5.74. The molecule has 0 bridgehead atoms. The van der Waals surface area contributed by atoms with E-state index in [4.69, 9.17) is 11.5 Å². The molecular formula is C8H13N3. The van der Waals surface area contributed by atoms with Crippen molar-refractivity contribution >= 4 is 0 Å². The Kier molecular flexibility index (Phi) is 2.57. The Morgan fingerprint density at radius 3 is 2.91 bits per heavy atom. The SMILES string of the molecule is Cc1cnccc1C(N)CN. The van der Waals surface area contributed by atoms with Gasteiger partial charge in [0, 0.05) is 25.0 Å². The van der Waals surface area contributed by atoms with E-state index in [9.17, 15) is 0 Å². The average molecular weight is 151 g/mol. The summed E-state index contributed by atoms with van der Waals surface area (Å²) in [6, 6.07) is 1.85. The standard InChI is InChI=1S/C8H13N3/c1-6-5-11-3-2-7(6)8(10)4-9/h2-3,5,8H,4,9-10H2,1H3. The Labute approximate surface area is 66.4 Å². The van der Waals surface area contributed by atoms with Crippen LogP contribution in [0.2, 0.25) is 0 Å². The summed E-state index contributed by atoms with van der Waals surface area (Å²) in [5.74, 6) is 0. The molecule has 0 spiro atoms. The van der Waals surface area contributed by atoms with E-state index in [-0.39, 0.29) is 6.04 Å². The zero-order chi connectivity index (χ0) is 8.27. The lowest BCUT2D eigenvalue weighted by Crippen LogP contribution is -2.21. The van der Waals surface area contributed by atoms with Crippen molar-refractivity contribution in [1.29, 1.82) is 0 Å². The van der Waals surface area contributed by atoms with Crippen LogP contribution < -0.4 is 11.5 Å². The Balaban J connectivity index is 2.93. The van der Waals surface area contributed by atoms with Crippen LogP contribution in [0.3, 0.4) is 0 Å². The average Bonchev–Trinajstić information content (AvgIpc) is 2.04. The fourth-order valence-electron chi connectivity index (χ4n) is 1.03. The van der Waals surface area contributed by atoms with Crippen molar-refractivity contribution < 1.29 is 0 Å². The van der Waals surface area contributed by atoms with E-state index < -0.39 is 0 Å². The number of pyridine rings is 1. The van der Waals surface area contributed by atoms with Gasteiger partial charge in [0.2, 0.25) is 0 Å². The molecule has 0 fully saturated rings. The van der Waals surface area contributed by atoms with Crippen molar-refractivity contribution in [3.8, 4) is 0 Å². The molecule has 4 N–H and O–H groups in total. The number of nitrogens with zero attached hydrogens (tertiary/aromatic N) is 1. The normalized spacial score (nSPS) is 13.0. The molecule has 11 heavy (non-hydrogen) atoms. The van der Waals surface area contributed by atoms with Crippen LogP contribution in [-0.2, 0) is 0 Å². The highest BCUT2D eigenvalue weighted by Crippen LogP contribution is 2.11. The predicted octanol–water partition coefficient (Wildman–Crippen LogP) is 0.349. The van der Waals surface area contributed by atoms with Crippen LogP contribution in [0.1, 0.15) is 17.2 Å². The first-order chi connectivity index (χ1) is 5.25. The quantitative estimate of drug-likeness (QED) is 0.641. The van der Waals surface area contributed by atoms with Gasteiger partial charge >= 0.3 is 0 Å². The first-order valence-corrected chi connectivity index (χ1v) is 3.62. The zero-order valence-electron chi connectivity index (χ0n) is 6.62. The molecule has 3 heteroatoms. The van der Waals surface area contributed by atoms with Gasteiger partial charge in [-0.2, -0.15) is 0 Å². The monoisotopic (exact) mass is 151 g/mol. The van der Waals surface area contributed by atoms with Crippen molar-refractivity contribution in [2.45, 2.75) is 13.0 Å². The summed E-state index contributed by atoms with van der Waals surface area (Å²) in [4.78, 5) is 3.97. The number of nitrogens with two attached hydrogens (primary N) is 2. The second kappa shape index (κ2) is 3.46. The fourth-order valence-corrected chi connectivity index (χ4v) is 1.03. The van der Waals surface area contributed by atoms with Gasteiger partial charge in [0.15, 0.2) is 0 Å². The second-order valence-corrected chi connectivity index (χ2v) is 2.57. The number of aryl methyl sites for hydroxylation is 1. The summed E-state index contributed by atoms with van der Waals surface area (Å²) < 4.78 is 0. The van der Waals surface area contributed by atoms with E-state index in [1.807, 2.05) is 13.0 Å². The number of rotatable bonds is 2. The van der Waals surface area contributed by atoms with Crippen LogP contribution in [-0.4, -0.2) is 11.5 Å². The highest BCUT2D eigenvalue weighted by atomic mass is 14.7. The molecule has 0 saturated carbocycles. The van der Waals surface area contributed by atoms with Gasteiger partial charge in [-0.3, -0.25) is 4.98 Å². The molecule has 0 saturated heterocycles. The summed E-state index contributed by atoms with van der Waals surface area (Å²) in [6.45, 7) is 2.46. The Hall–Kier alpha value is -0.930. The van der Waals surface area contributed by atoms with Gasteiger partial charge in [-0.15, -0.1) is 0 Å². The molecule has 0 aliphatic rings. The highest BCUT2D eigenvalue weighted by Gasteiger charge is 2.04. The summed E-state index contributed by atoms with van der Waals surface area (Å²) in [5, 5.41) is 0. The number of hydrogen-bond acceptors (Lipinski definition) is 3. The molecule has 3 nitrogen and oxygen atoms in total. The van der Waals surface area contributed by atoms with Crippen molar-refractivity contribution in [1.82, 2.24) is 4.98 Å². The maximum atomic E-state index is 5.74. The molecule has 1 aromatic heterocycles. The third-order valence-electron chi connectivity index (χ3n) is 1.72. The maximum Gasteiger partial charge on any atom is 0.0423 e. The van der Waals surface area contributed by atoms with Gasteiger partial charge in [-0.25, -0.2) is 0 Å². The smallest absolute Gasteiger partial charge is 0.0423 e. The van der Waals surface area contributed by atoms with Crippen molar-refractivity contribution in [3.05, 3.63) is 29.6 Å². The van der Waals surface area contributed by atoms with E-state index in [2.05, 4.69) is 4.98 Å². The largest absolute Gasteiger partial charge is 0.329 e.